The van der Waals surface area contributed by atoms with Crippen LogP contribution in [0.25, 0.3) is 0 Å². The molecule has 1 N–H and O–H groups in total. The van der Waals surface area contributed by atoms with Gasteiger partial charge in [-0.3, -0.25) is 9.59 Å². The minimum atomic E-state index is -0.457. The summed E-state index contributed by atoms with van der Waals surface area (Å²) in [4.78, 5) is 24.1. The van der Waals surface area contributed by atoms with Gasteiger partial charge >= 0.3 is 5.97 Å². The summed E-state index contributed by atoms with van der Waals surface area (Å²) in [6, 6.07) is 10.6. The molecule has 144 valence electrons. The summed E-state index contributed by atoms with van der Waals surface area (Å²) in [5.41, 5.74) is 0.807. The lowest BCUT2D eigenvalue weighted by Gasteiger charge is -2.18. The number of rotatable bonds is 8. The van der Waals surface area contributed by atoms with Crippen molar-refractivity contribution in [1.29, 1.82) is 0 Å². The summed E-state index contributed by atoms with van der Waals surface area (Å²) in [6.45, 7) is 2.21. The maximum atomic E-state index is 12.4. The zero-order valence-corrected chi connectivity index (χ0v) is 16.3. The lowest BCUT2D eigenvalue weighted by Crippen LogP contribution is -2.30. The van der Waals surface area contributed by atoms with Crippen molar-refractivity contribution in [2.24, 2.45) is 5.92 Å². The number of halogens is 1. The Morgan fingerprint density at radius 2 is 1.96 bits per heavy atom. The molecule has 6 heteroatoms. The molecule has 1 heterocycles. The van der Waals surface area contributed by atoms with Crippen LogP contribution in [0.3, 0.4) is 0 Å². The Kier molecular flexibility index (Phi) is 6.22. The van der Waals surface area contributed by atoms with Gasteiger partial charge in [0.05, 0.1) is 19.6 Å². The van der Waals surface area contributed by atoms with Crippen LogP contribution in [0.1, 0.15) is 55.2 Å². The zero-order chi connectivity index (χ0) is 19.4. The first-order valence-corrected chi connectivity index (χ1v) is 9.54. The molecule has 0 radical (unpaired) electrons. The van der Waals surface area contributed by atoms with Crippen molar-refractivity contribution in [3.05, 3.63) is 58.5 Å². The van der Waals surface area contributed by atoms with E-state index >= 15 is 0 Å². The first-order chi connectivity index (χ1) is 13.0. The van der Waals surface area contributed by atoms with Gasteiger partial charge in [0, 0.05) is 23.8 Å². The Labute approximate surface area is 164 Å². The Morgan fingerprint density at radius 1 is 1.26 bits per heavy atom. The minimum Gasteiger partial charge on any atom is -0.469 e. The fourth-order valence-corrected chi connectivity index (χ4v) is 3.27. The molecule has 0 spiro atoms. The van der Waals surface area contributed by atoms with E-state index in [-0.39, 0.29) is 18.3 Å². The number of ether oxygens (including phenoxy) is 1. The monoisotopic (exact) mass is 389 g/mol. The number of hydrogen-bond donors (Lipinski definition) is 1. The Balaban J connectivity index is 1.57. The van der Waals surface area contributed by atoms with Crippen LogP contribution in [0, 0.1) is 5.92 Å². The standard InChI is InChI=1S/C21H24ClNO4/c1-13-11-17(13)19-9-7-16(27-19)8-10-20(24)23-18(12-21(25)26-2)14-3-5-15(22)6-4-14/h3-7,9,13,17-18H,8,10-12H2,1-2H3,(H,23,24). The van der Waals surface area contributed by atoms with Gasteiger partial charge in [-0.15, -0.1) is 0 Å². The minimum absolute atomic E-state index is 0.0638. The molecular weight excluding hydrogens is 366 g/mol. The van der Waals surface area contributed by atoms with Crippen molar-refractivity contribution in [2.75, 3.05) is 7.11 Å². The maximum absolute atomic E-state index is 12.4. The van der Waals surface area contributed by atoms with Crippen LogP contribution in [-0.2, 0) is 20.7 Å². The van der Waals surface area contributed by atoms with Crippen molar-refractivity contribution >= 4 is 23.5 Å². The highest BCUT2D eigenvalue weighted by Crippen LogP contribution is 2.47. The van der Waals surface area contributed by atoms with E-state index in [1.165, 1.54) is 13.5 Å². The molecule has 1 fully saturated rings. The highest BCUT2D eigenvalue weighted by atomic mass is 35.5. The van der Waals surface area contributed by atoms with Gasteiger partial charge in [-0.2, -0.15) is 0 Å². The summed E-state index contributed by atoms with van der Waals surface area (Å²) >= 11 is 5.92. The fraction of sp³-hybridized carbons (Fsp3) is 0.429. The summed E-state index contributed by atoms with van der Waals surface area (Å²) in [5.74, 6) is 2.52. The SMILES string of the molecule is COC(=O)CC(NC(=O)CCc1ccc(C2CC2C)o1)c1ccc(Cl)cc1. The first-order valence-electron chi connectivity index (χ1n) is 9.16. The molecule has 1 aromatic carbocycles. The molecule has 27 heavy (non-hydrogen) atoms. The van der Waals surface area contributed by atoms with Crippen LogP contribution in [0.4, 0.5) is 0 Å². The van der Waals surface area contributed by atoms with Crippen LogP contribution in [0.15, 0.2) is 40.8 Å². The second kappa shape index (κ2) is 8.61. The number of nitrogens with one attached hydrogen (secondary N) is 1. The van der Waals surface area contributed by atoms with E-state index in [2.05, 4.69) is 12.2 Å². The van der Waals surface area contributed by atoms with E-state index in [1.54, 1.807) is 24.3 Å². The average molecular weight is 390 g/mol. The van der Waals surface area contributed by atoms with Crippen LogP contribution in [0.2, 0.25) is 5.02 Å². The molecular formula is C21H24ClNO4. The molecule has 0 aliphatic heterocycles. The summed E-state index contributed by atoms with van der Waals surface area (Å²) in [7, 11) is 1.33. The van der Waals surface area contributed by atoms with E-state index in [0.29, 0.717) is 29.7 Å². The highest BCUT2D eigenvalue weighted by molar-refractivity contribution is 6.30. The Hall–Kier alpha value is -2.27. The molecule has 0 saturated heterocycles. The molecule has 1 aliphatic carbocycles. The van der Waals surface area contributed by atoms with Gasteiger partial charge in [0.15, 0.2) is 0 Å². The number of methoxy groups -OCH3 is 1. The first kappa shape index (κ1) is 19.5. The lowest BCUT2D eigenvalue weighted by molar-refractivity contribution is -0.141. The number of hydrogen-bond acceptors (Lipinski definition) is 4. The molecule has 3 atom stereocenters. The molecule has 1 aromatic heterocycles. The molecule has 3 rings (SSSR count). The molecule has 2 aromatic rings. The summed E-state index contributed by atoms with van der Waals surface area (Å²) in [6.07, 6.45) is 2.05. The summed E-state index contributed by atoms with van der Waals surface area (Å²) < 4.78 is 10.6. The van der Waals surface area contributed by atoms with Crippen molar-refractivity contribution < 1.29 is 18.7 Å². The molecule has 1 aliphatic rings. The third-order valence-electron chi connectivity index (χ3n) is 4.96. The third kappa shape index (κ3) is 5.36. The van der Waals surface area contributed by atoms with Crippen LogP contribution in [-0.4, -0.2) is 19.0 Å². The lowest BCUT2D eigenvalue weighted by atomic mass is 10.0. The number of benzene rings is 1. The molecule has 3 unspecified atom stereocenters. The largest absolute Gasteiger partial charge is 0.469 e. The van der Waals surface area contributed by atoms with Gasteiger partial charge in [-0.05, 0) is 42.2 Å². The highest BCUT2D eigenvalue weighted by Gasteiger charge is 2.36. The van der Waals surface area contributed by atoms with Gasteiger partial charge in [0.2, 0.25) is 5.91 Å². The zero-order valence-electron chi connectivity index (χ0n) is 15.5. The van der Waals surface area contributed by atoms with Crippen LogP contribution < -0.4 is 5.32 Å². The number of furan rings is 1. The van der Waals surface area contributed by atoms with E-state index in [0.717, 1.165) is 17.1 Å². The Bertz CT molecular complexity index is 799. The van der Waals surface area contributed by atoms with E-state index in [1.807, 2.05) is 12.1 Å². The topological polar surface area (TPSA) is 68.5 Å². The summed E-state index contributed by atoms with van der Waals surface area (Å²) in [5, 5.41) is 3.51. The third-order valence-corrected chi connectivity index (χ3v) is 5.21. The van der Waals surface area contributed by atoms with Gasteiger partial charge in [0.25, 0.3) is 0 Å². The van der Waals surface area contributed by atoms with Crippen molar-refractivity contribution in [1.82, 2.24) is 5.32 Å². The van der Waals surface area contributed by atoms with E-state index in [4.69, 9.17) is 20.8 Å². The van der Waals surface area contributed by atoms with Gasteiger partial charge in [0.1, 0.15) is 11.5 Å². The quantitative estimate of drug-likeness (QED) is 0.679. The smallest absolute Gasteiger partial charge is 0.307 e. The molecule has 5 nitrogen and oxygen atoms in total. The Morgan fingerprint density at radius 3 is 2.59 bits per heavy atom. The predicted molar refractivity (Wildman–Crippen MR) is 103 cm³/mol. The average Bonchev–Trinajstić information content (AvgIpc) is 3.19. The second-order valence-corrected chi connectivity index (χ2v) is 7.51. The van der Waals surface area contributed by atoms with Gasteiger partial charge in [-0.1, -0.05) is 30.7 Å². The van der Waals surface area contributed by atoms with Gasteiger partial charge in [-0.25, -0.2) is 0 Å². The molecule has 1 saturated carbocycles. The number of carbonyl (C=O) groups excluding carboxylic acids is 2. The predicted octanol–water partition coefficient (Wildman–Crippen LogP) is 4.41. The number of esters is 1. The normalized spacial score (nSPS) is 19.4. The van der Waals surface area contributed by atoms with Crippen molar-refractivity contribution in [3.8, 4) is 0 Å². The number of aryl methyl sites for hydroxylation is 1. The fourth-order valence-electron chi connectivity index (χ4n) is 3.15. The maximum Gasteiger partial charge on any atom is 0.307 e. The van der Waals surface area contributed by atoms with Gasteiger partial charge < -0.3 is 14.5 Å². The number of carbonyl (C=O) groups is 2. The van der Waals surface area contributed by atoms with Crippen molar-refractivity contribution in [2.45, 2.75) is 44.6 Å². The van der Waals surface area contributed by atoms with E-state index < -0.39 is 6.04 Å². The van der Waals surface area contributed by atoms with Crippen molar-refractivity contribution in [3.63, 3.8) is 0 Å². The molecule has 1 amide bonds. The second-order valence-electron chi connectivity index (χ2n) is 7.08. The molecule has 0 bridgehead atoms. The van der Waals surface area contributed by atoms with Crippen LogP contribution >= 0.6 is 11.6 Å². The van der Waals surface area contributed by atoms with Crippen LogP contribution in [0.5, 0.6) is 0 Å². The number of amides is 1. The van der Waals surface area contributed by atoms with E-state index in [9.17, 15) is 9.59 Å².